The maximum absolute atomic E-state index is 13.8. The van der Waals surface area contributed by atoms with Crippen LogP contribution >= 0.6 is 11.6 Å². The average molecular weight is 374 g/mol. The van der Waals surface area contributed by atoms with Crippen LogP contribution in [0.1, 0.15) is 17.4 Å². The summed E-state index contributed by atoms with van der Waals surface area (Å²) >= 11 is 5.94. The highest BCUT2D eigenvalue weighted by Gasteiger charge is 2.17. The fourth-order valence-electron chi connectivity index (χ4n) is 2.28. The van der Waals surface area contributed by atoms with Gasteiger partial charge in [-0.1, -0.05) is 28.9 Å². The standard InChI is InChI=1S/C18H13ClFN3O3/c1-10(24)21-14-7-6-11(19)8-15(14)22-18(25)16-9-17(26-23-16)12-4-2-3-5-13(12)20/h2-9H,1H3,(H,21,24)(H,22,25). The van der Waals surface area contributed by atoms with Crippen LogP contribution in [0.15, 0.2) is 53.1 Å². The summed E-state index contributed by atoms with van der Waals surface area (Å²) in [6.45, 7) is 1.35. The molecule has 6 nitrogen and oxygen atoms in total. The summed E-state index contributed by atoms with van der Waals surface area (Å²) in [6.07, 6.45) is 0. The third-order valence-electron chi connectivity index (χ3n) is 3.42. The third kappa shape index (κ3) is 3.89. The van der Waals surface area contributed by atoms with Crippen LogP contribution in [-0.4, -0.2) is 17.0 Å². The van der Waals surface area contributed by atoms with Gasteiger partial charge >= 0.3 is 0 Å². The zero-order valence-corrected chi connectivity index (χ0v) is 14.3. The van der Waals surface area contributed by atoms with Crippen molar-refractivity contribution in [2.75, 3.05) is 10.6 Å². The molecular formula is C18H13ClFN3O3. The topological polar surface area (TPSA) is 84.2 Å². The fraction of sp³-hybridized carbons (Fsp3) is 0.0556. The van der Waals surface area contributed by atoms with Gasteiger partial charge in [-0.25, -0.2) is 4.39 Å². The molecule has 0 aliphatic rings. The molecule has 2 amide bonds. The summed E-state index contributed by atoms with van der Waals surface area (Å²) in [4.78, 5) is 23.7. The van der Waals surface area contributed by atoms with Crippen LogP contribution in [0, 0.1) is 5.82 Å². The molecule has 0 saturated carbocycles. The molecule has 2 aromatic carbocycles. The van der Waals surface area contributed by atoms with Gasteiger partial charge in [0.2, 0.25) is 5.91 Å². The van der Waals surface area contributed by atoms with E-state index in [1.165, 1.54) is 31.2 Å². The Morgan fingerprint density at radius 3 is 2.58 bits per heavy atom. The second-order valence-corrected chi connectivity index (χ2v) is 5.82. The SMILES string of the molecule is CC(=O)Nc1ccc(Cl)cc1NC(=O)c1cc(-c2ccccc2F)on1. The second-order valence-electron chi connectivity index (χ2n) is 5.38. The van der Waals surface area contributed by atoms with E-state index < -0.39 is 11.7 Å². The van der Waals surface area contributed by atoms with E-state index in [9.17, 15) is 14.0 Å². The van der Waals surface area contributed by atoms with Gasteiger partial charge in [-0.05, 0) is 30.3 Å². The summed E-state index contributed by atoms with van der Waals surface area (Å²) < 4.78 is 18.9. The zero-order valence-electron chi connectivity index (χ0n) is 13.5. The molecule has 8 heteroatoms. The number of carbonyl (C=O) groups is 2. The largest absolute Gasteiger partial charge is 0.355 e. The van der Waals surface area contributed by atoms with Crippen molar-refractivity contribution in [2.24, 2.45) is 0 Å². The Morgan fingerprint density at radius 2 is 1.85 bits per heavy atom. The molecule has 3 aromatic rings. The first-order valence-corrected chi connectivity index (χ1v) is 7.92. The minimum absolute atomic E-state index is 0.0444. The highest BCUT2D eigenvalue weighted by Crippen LogP contribution is 2.27. The number of anilines is 2. The number of halogens is 2. The number of aromatic nitrogens is 1. The van der Waals surface area contributed by atoms with Crippen LogP contribution in [0.2, 0.25) is 5.02 Å². The maximum Gasteiger partial charge on any atom is 0.277 e. The first-order valence-electron chi connectivity index (χ1n) is 7.54. The predicted molar refractivity (Wildman–Crippen MR) is 95.6 cm³/mol. The van der Waals surface area contributed by atoms with Crippen molar-refractivity contribution in [1.29, 1.82) is 0 Å². The van der Waals surface area contributed by atoms with Crippen molar-refractivity contribution in [3.63, 3.8) is 0 Å². The van der Waals surface area contributed by atoms with E-state index in [-0.39, 0.29) is 22.9 Å². The van der Waals surface area contributed by atoms with E-state index in [1.54, 1.807) is 24.3 Å². The number of rotatable bonds is 4. The lowest BCUT2D eigenvalue weighted by Gasteiger charge is -2.10. The molecule has 0 unspecified atom stereocenters. The second kappa shape index (κ2) is 7.37. The summed E-state index contributed by atoms with van der Waals surface area (Å²) in [5.74, 6) is -1.25. The number of benzene rings is 2. The van der Waals surface area contributed by atoms with E-state index >= 15 is 0 Å². The number of nitrogens with zero attached hydrogens (tertiary/aromatic N) is 1. The van der Waals surface area contributed by atoms with Gasteiger partial charge in [-0.2, -0.15) is 0 Å². The normalized spacial score (nSPS) is 10.4. The Labute approximate surface area is 152 Å². The van der Waals surface area contributed by atoms with Crippen molar-refractivity contribution in [2.45, 2.75) is 6.92 Å². The van der Waals surface area contributed by atoms with Crippen LogP contribution in [0.5, 0.6) is 0 Å². The monoisotopic (exact) mass is 373 g/mol. The minimum atomic E-state index is -0.592. The summed E-state index contributed by atoms with van der Waals surface area (Å²) in [5, 5.41) is 9.23. The number of hydrogen-bond acceptors (Lipinski definition) is 4. The quantitative estimate of drug-likeness (QED) is 0.712. The van der Waals surface area contributed by atoms with Crippen LogP contribution < -0.4 is 10.6 Å². The van der Waals surface area contributed by atoms with E-state index in [0.717, 1.165) is 0 Å². The fourth-order valence-corrected chi connectivity index (χ4v) is 2.45. The lowest BCUT2D eigenvalue weighted by atomic mass is 10.1. The van der Waals surface area contributed by atoms with Crippen molar-refractivity contribution in [1.82, 2.24) is 5.16 Å². The molecule has 0 aliphatic carbocycles. The summed E-state index contributed by atoms with van der Waals surface area (Å²) in [6, 6.07) is 11.9. The van der Waals surface area contributed by atoms with Gasteiger partial charge in [-0.15, -0.1) is 0 Å². The maximum atomic E-state index is 13.8. The van der Waals surface area contributed by atoms with Gasteiger partial charge in [0.25, 0.3) is 5.91 Å². The van der Waals surface area contributed by atoms with Gasteiger partial charge < -0.3 is 15.2 Å². The molecule has 26 heavy (non-hydrogen) atoms. The van der Waals surface area contributed by atoms with Gasteiger partial charge in [0, 0.05) is 18.0 Å². The van der Waals surface area contributed by atoms with Gasteiger partial charge in [0.1, 0.15) is 5.82 Å². The van der Waals surface area contributed by atoms with Crippen LogP contribution in [0.3, 0.4) is 0 Å². The zero-order chi connectivity index (χ0) is 18.7. The van der Waals surface area contributed by atoms with Crippen LogP contribution in [0.25, 0.3) is 11.3 Å². The van der Waals surface area contributed by atoms with Gasteiger partial charge in [-0.3, -0.25) is 9.59 Å². The molecule has 0 aliphatic heterocycles. The molecule has 3 rings (SSSR count). The van der Waals surface area contributed by atoms with Crippen LogP contribution in [0.4, 0.5) is 15.8 Å². The molecule has 0 bridgehead atoms. The van der Waals surface area contributed by atoms with Crippen LogP contribution in [-0.2, 0) is 4.79 Å². The lowest BCUT2D eigenvalue weighted by molar-refractivity contribution is -0.114. The van der Waals surface area contributed by atoms with Crippen molar-refractivity contribution in [3.05, 3.63) is 65.1 Å². The molecule has 0 saturated heterocycles. The molecule has 132 valence electrons. The Balaban J connectivity index is 1.85. The predicted octanol–water partition coefficient (Wildman–Crippen LogP) is 4.34. The van der Waals surface area contributed by atoms with Gasteiger partial charge in [0.15, 0.2) is 11.5 Å². The molecule has 0 spiro atoms. The first kappa shape index (κ1) is 17.6. The van der Waals surface area contributed by atoms with Gasteiger partial charge in [0.05, 0.1) is 16.9 Å². The molecule has 1 heterocycles. The van der Waals surface area contributed by atoms with E-state index in [2.05, 4.69) is 15.8 Å². The highest BCUT2D eigenvalue weighted by atomic mass is 35.5. The summed E-state index contributed by atoms with van der Waals surface area (Å²) in [5.41, 5.74) is 0.832. The summed E-state index contributed by atoms with van der Waals surface area (Å²) in [7, 11) is 0. The Morgan fingerprint density at radius 1 is 1.08 bits per heavy atom. The molecule has 1 aromatic heterocycles. The minimum Gasteiger partial charge on any atom is -0.355 e. The Hall–Kier alpha value is -3.19. The van der Waals surface area contributed by atoms with E-state index in [1.807, 2.05) is 0 Å². The first-order chi connectivity index (χ1) is 12.4. The van der Waals surface area contributed by atoms with Crippen molar-refractivity contribution >= 4 is 34.8 Å². The number of amides is 2. The molecule has 0 atom stereocenters. The Kier molecular flexibility index (Phi) is 4.99. The molecule has 2 N–H and O–H groups in total. The lowest BCUT2D eigenvalue weighted by Crippen LogP contribution is -2.15. The highest BCUT2D eigenvalue weighted by molar-refractivity contribution is 6.31. The molecule has 0 radical (unpaired) electrons. The third-order valence-corrected chi connectivity index (χ3v) is 3.66. The number of carbonyl (C=O) groups excluding carboxylic acids is 2. The molecular weight excluding hydrogens is 361 g/mol. The molecule has 0 fully saturated rings. The smallest absolute Gasteiger partial charge is 0.277 e. The number of nitrogens with one attached hydrogen (secondary N) is 2. The van der Waals surface area contributed by atoms with Crippen molar-refractivity contribution < 1.29 is 18.5 Å². The average Bonchev–Trinajstić information content (AvgIpc) is 3.07. The van der Waals surface area contributed by atoms with Crippen molar-refractivity contribution in [3.8, 4) is 11.3 Å². The number of hydrogen-bond donors (Lipinski definition) is 2. The van der Waals surface area contributed by atoms with E-state index in [0.29, 0.717) is 16.4 Å². The Bertz CT molecular complexity index is 987. The van der Waals surface area contributed by atoms with E-state index in [4.69, 9.17) is 16.1 Å².